The highest BCUT2D eigenvalue weighted by Gasteiger charge is 2.45. The van der Waals surface area contributed by atoms with E-state index in [-0.39, 0.29) is 5.91 Å². The predicted molar refractivity (Wildman–Crippen MR) is 127 cm³/mol. The normalized spacial score (nSPS) is 17.5. The molecule has 0 fully saturated rings. The van der Waals surface area contributed by atoms with Crippen LogP contribution in [-0.2, 0) is 23.1 Å². The first-order valence-corrected chi connectivity index (χ1v) is 11.3. The molecule has 5 rings (SSSR count). The first kappa shape index (κ1) is 21.1. The van der Waals surface area contributed by atoms with Crippen LogP contribution in [0.3, 0.4) is 0 Å². The number of amides is 1. The van der Waals surface area contributed by atoms with E-state index in [1.807, 2.05) is 26.0 Å². The highest BCUT2D eigenvalue weighted by atomic mass is 16.2. The summed E-state index contributed by atoms with van der Waals surface area (Å²) in [5.41, 5.74) is 6.64. The van der Waals surface area contributed by atoms with Crippen LogP contribution in [0, 0.1) is 0 Å². The lowest BCUT2D eigenvalue weighted by molar-refractivity contribution is -0.124. The summed E-state index contributed by atoms with van der Waals surface area (Å²) in [6.45, 7) is 8.55. The van der Waals surface area contributed by atoms with E-state index in [4.69, 9.17) is 0 Å². The molecule has 2 aromatic carbocycles. The zero-order valence-corrected chi connectivity index (χ0v) is 19.0. The molecule has 1 amide bonds. The molecular weight excluding hydrogens is 410 g/mol. The van der Waals surface area contributed by atoms with Gasteiger partial charge in [0.25, 0.3) is 5.91 Å². The third kappa shape index (κ3) is 3.25. The highest BCUT2D eigenvalue weighted by Crippen LogP contribution is 2.46. The minimum absolute atomic E-state index is 0.00607. The summed E-state index contributed by atoms with van der Waals surface area (Å²) in [7, 11) is 0. The molecule has 0 bridgehead atoms. The highest BCUT2D eigenvalue weighted by molar-refractivity contribution is 6.00. The maximum Gasteiger partial charge on any atom is 0.254 e. The number of aromatic nitrogens is 4. The Hall–Kier alpha value is -3.80. The SMILES string of the molecule is C=C1C(/C=C\C)=C(C)C(=O)N1CCC1(c2nn[nH]n2)c2ccccc2CCc2ccccc21. The number of fused-ring (bicyclic) bond motifs is 2. The number of aromatic amines is 1. The molecule has 1 aliphatic heterocycles. The Morgan fingerprint density at radius 2 is 1.73 bits per heavy atom. The second-order valence-corrected chi connectivity index (χ2v) is 8.65. The molecule has 1 aromatic heterocycles. The van der Waals surface area contributed by atoms with E-state index >= 15 is 0 Å². The summed E-state index contributed by atoms with van der Waals surface area (Å²) < 4.78 is 0. The summed E-state index contributed by atoms with van der Waals surface area (Å²) >= 11 is 0. The number of hydrogen-bond acceptors (Lipinski definition) is 4. The van der Waals surface area contributed by atoms with Crippen molar-refractivity contribution in [1.82, 2.24) is 25.5 Å². The van der Waals surface area contributed by atoms with Crippen molar-refractivity contribution in [1.29, 1.82) is 0 Å². The molecule has 33 heavy (non-hydrogen) atoms. The third-order valence-corrected chi connectivity index (χ3v) is 7.00. The topological polar surface area (TPSA) is 74.8 Å². The first-order chi connectivity index (χ1) is 16.1. The van der Waals surface area contributed by atoms with E-state index < -0.39 is 5.41 Å². The Morgan fingerprint density at radius 3 is 2.30 bits per heavy atom. The largest absolute Gasteiger partial charge is 0.309 e. The summed E-state index contributed by atoms with van der Waals surface area (Å²) in [6, 6.07) is 17.0. The molecular formula is C27H27N5O. The molecule has 0 radical (unpaired) electrons. The molecule has 6 heteroatoms. The number of nitrogens with one attached hydrogen (secondary N) is 1. The Balaban J connectivity index is 1.65. The minimum atomic E-state index is -0.630. The van der Waals surface area contributed by atoms with Crippen molar-refractivity contribution in [2.45, 2.75) is 38.5 Å². The van der Waals surface area contributed by atoms with Crippen LogP contribution in [0.2, 0.25) is 0 Å². The second kappa shape index (κ2) is 8.28. The number of aryl methyl sites for hydroxylation is 2. The van der Waals surface area contributed by atoms with Gasteiger partial charge < -0.3 is 4.90 Å². The summed E-state index contributed by atoms with van der Waals surface area (Å²) in [5, 5.41) is 15.6. The van der Waals surface area contributed by atoms with Gasteiger partial charge in [0, 0.05) is 23.4 Å². The lowest BCUT2D eigenvalue weighted by atomic mass is 9.69. The molecule has 0 atom stereocenters. The smallest absolute Gasteiger partial charge is 0.254 e. The number of hydrogen-bond donors (Lipinski definition) is 1. The van der Waals surface area contributed by atoms with Crippen LogP contribution < -0.4 is 0 Å². The maximum atomic E-state index is 13.1. The first-order valence-electron chi connectivity index (χ1n) is 11.3. The molecule has 3 aromatic rings. The summed E-state index contributed by atoms with van der Waals surface area (Å²) in [5.74, 6) is 0.631. The number of H-pyrrole nitrogens is 1. The fourth-order valence-electron chi connectivity index (χ4n) is 5.39. The van der Waals surface area contributed by atoms with Gasteiger partial charge in [-0.15, -0.1) is 10.2 Å². The monoisotopic (exact) mass is 437 g/mol. The van der Waals surface area contributed by atoms with Gasteiger partial charge in [0.2, 0.25) is 0 Å². The van der Waals surface area contributed by atoms with E-state index in [9.17, 15) is 4.79 Å². The average Bonchev–Trinajstić information content (AvgIpc) is 3.41. The molecule has 2 aliphatic rings. The molecule has 2 heterocycles. The van der Waals surface area contributed by atoms with Gasteiger partial charge in [0.05, 0.1) is 5.41 Å². The molecule has 1 N–H and O–H groups in total. The molecule has 1 aliphatic carbocycles. The summed E-state index contributed by atoms with van der Waals surface area (Å²) in [4.78, 5) is 14.9. The molecule has 0 unspecified atom stereocenters. The zero-order chi connectivity index (χ0) is 23.0. The maximum absolute atomic E-state index is 13.1. The van der Waals surface area contributed by atoms with Gasteiger partial charge in [0.1, 0.15) is 0 Å². The molecule has 0 saturated carbocycles. The van der Waals surface area contributed by atoms with Crippen molar-refractivity contribution in [2.24, 2.45) is 0 Å². The van der Waals surface area contributed by atoms with Crippen molar-refractivity contribution in [2.75, 3.05) is 6.54 Å². The van der Waals surface area contributed by atoms with Gasteiger partial charge in [-0.3, -0.25) is 4.79 Å². The Bertz CT molecular complexity index is 1240. The van der Waals surface area contributed by atoms with E-state index in [0.717, 1.165) is 29.7 Å². The lowest BCUT2D eigenvalue weighted by Crippen LogP contribution is -2.37. The van der Waals surface area contributed by atoms with Crippen LogP contribution in [0.15, 0.2) is 84.1 Å². The van der Waals surface area contributed by atoms with Gasteiger partial charge >= 0.3 is 0 Å². The predicted octanol–water partition coefficient (Wildman–Crippen LogP) is 4.27. The molecule has 166 valence electrons. The number of carbonyl (C=O) groups excluding carboxylic acids is 1. The van der Waals surface area contributed by atoms with Crippen molar-refractivity contribution in [3.63, 3.8) is 0 Å². The van der Waals surface area contributed by atoms with Gasteiger partial charge in [-0.05, 0) is 55.4 Å². The number of carbonyl (C=O) groups is 1. The van der Waals surface area contributed by atoms with Crippen LogP contribution in [0.4, 0.5) is 0 Å². The van der Waals surface area contributed by atoms with E-state index in [2.05, 4.69) is 75.7 Å². The number of rotatable bonds is 5. The Kier molecular flexibility index (Phi) is 5.29. The Morgan fingerprint density at radius 1 is 1.09 bits per heavy atom. The van der Waals surface area contributed by atoms with Crippen molar-refractivity contribution >= 4 is 5.91 Å². The molecule has 0 spiro atoms. The third-order valence-electron chi connectivity index (χ3n) is 7.00. The van der Waals surface area contributed by atoms with Gasteiger partial charge in [-0.1, -0.05) is 72.5 Å². The summed E-state index contributed by atoms with van der Waals surface area (Å²) in [6.07, 6.45) is 6.39. The number of tetrazole rings is 1. The average molecular weight is 438 g/mol. The van der Waals surface area contributed by atoms with Crippen molar-refractivity contribution < 1.29 is 4.79 Å². The van der Waals surface area contributed by atoms with Crippen LogP contribution >= 0.6 is 0 Å². The number of benzene rings is 2. The van der Waals surface area contributed by atoms with Crippen LogP contribution in [-0.4, -0.2) is 38.0 Å². The number of allylic oxidation sites excluding steroid dienone is 2. The van der Waals surface area contributed by atoms with Crippen LogP contribution in [0.1, 0.15) is 48.3 Å². The minimum Gasteiger partial charge on any atom is -0.309 e. The second-order valence-electron chi connectivity index (χ2n) is 8.65. The van der Waals surface area contributed by atoms with Crippen molar-refractivity contribution in [3.8, 4) is 0 Å². The van der Waals surface area contributed by atoms with E-state index in [0.29, 0.717) is 18.8 Å². The molecule has 6 nitrogen and oxygen atoms in total. The van der Waals surface area contributed by atoms with E-state index in [1.165, 1.54) is 22.3 Å². The van der Waals surface area contributed by atoms with Gasteiger partial charge in [-0.25, -0.2) is 0 Å². The lowest BCUT2D eigenvalue weighted by Gasteiger charge is -2.35. The van der Waals surface area contributed by atoms with E-state index in [1.54, 1.807) is 4.90 Å². The quantitative estimate of drug-likeness (QED) is 0.647. The molecule has 0 saturated heterocycles. The zero-order valence-electron chi connectivity index (χ0n) is 19.0. The van der Waals surface area contributed by atoms with Gasteiger partial charge in [0.15, 0.2) is 5.82 Å². The Labute approximate surface area is 193 Å². The fraction of sp³-hybridized carbons (Fsp3) is 0.259. The standard InChI is InChI=1S/C27H27N5O/c1-4-9-22-18(2)25(33)32(19(22)3)17-16-27(26-28-30-31-29-26)23-12-7-5-10-20(23)14-15-21-11-6-8-13-24(21)27/h4-13H,3,14-17H2,1-2H3,(H,28,29,30,31)/b9-4-. The van der Waals surface area contributed by atoms with Crippen LogP contribution in [0.5, 0.6) is 0 Å². The van der Waals surface area contributed by atoms with Crippen LogP contribution in [0.25, 0.3) is 0 Å². The fourth-order valence-corrected chi connectivity index (χ4v) is 5.39. The number of nitrogens with zero attached hydrogens (tertiary/aromatic N) is 4. The van der Waals surface area contributed by atoms with Gasteiger partial charge in [-0.2, -0.15) is 5.21 Å². The van der Waals surface area contributed by atoms with Crippen molar-refractivity contribution in [3.05, 3.63) is 112 Å².